The summed E-state index contributed by atoms with van der Waals surface area (Å²) in [4.78, 5) is 29.9. The number of fused-ring (bicyclic) bond motifs is 2. The SMILES string of the molecule is CCCCn1c(=O)nc2n(-c3ccc(Br)cc3)c3ccccc3cc-2c1=O. The second-order valence-corrected chi connectivity index (χ2v) is 7.37. The van der Waals surface area contributed by atoms with Crippen LogP contribution in [-0.4, -0.2) is 14.1 Å². The van der Waals surface area contributed by atoms with E-state index in [4.69, 9.17) is 0 Å². The third-order valence-electron chi connectivity index (χ3n) is 4.66. The van der Waals surface area contributed by atoms with Gasteiger partial charge in [-0.25, -0.2) is 4.79 Å². The van der Waals surface area contributed by atoms with E-state index in [0.717, 1.165) is 33.9 Å². The standard InChI is InChI=1S/C21H18BrN3O2/c1-2-3-12-24-20(26)17-13-14-6-4-5-7-18(14)25(19(17)23-21(24)27)16-10-8-15(22)9-11-16/h4-11,13H,2-3,12H2,1H3. The first-order valence-corrected chi connectivity index (χ1v) is 9.70. The highest BCUT2D eigenvalue weighted by molar-refractivity contribution is 9.10. The summed E-state index contributed by atoms with van der Waals surface area (Å²) in [6.07, 6.45) is 1.67. The van der Waals surface area contributed by atoms with Crippen molar-refractivity contribution in [2.75, 3.05) is 0 Å². The van der Waals surface area contributed by atoms with Crippen LogP contribution >= 0.6 is 15.9 Å². The Hall–Kier alpha value is -2.73. The van der Waals surface area contributed by atoms with Gasteiger partial charge in [0.2, 0.25) is 0 Å². The second kappa shape index (κ2) is 7.12. The van der Waals surface area contributed by atoms with Gasteiger partial charge in [-0.3, -0.25) is 13.9 Å². The van der Waals surface area contributed by atoms with Crippen molar-refractivity contribution in [2.24, 2.45) is 0 Å². The van der Waals surface area contributed by atoms with Gasteiger partial charge in [-0.2, -0.15) is 4.98 Å². The van der Waals surface area contributed by atoms with Gasteiger partial charge >= 0.3 is 5.69 Å². The number of pyridine rings is 1. The van der Waals surface area contributed by atoms with Crippen LogP contribution in [0.4, 0.5) is 0 Å². The predicted molar refractivity (Wildman–Crippen MR) is 111 cm³/mol. The number of aromatic nitrogens is 3. The Kier molecular flexibility index (Phi) is 4.66. The van der Waals surface area contributed by atoms with E-state index in [2.05, 4.69) is 20.9 Å². The Labute approximate surface area is 164 Å². The molecular weight excluding hydrogens is 406 g/mol. The van der Waals surface area contributed by atoms with Gasteiger partial charge in [-0.1, -0.05) is 47.5 Å². The van der Waals surface area contributed by atoms with Gasteiger partial charge in [-0.15, -0.1) is 0 Å². The molecule has 0 saturated carbocycles. The summed E-state index contributed by atoms with van der Waals surface area (Å²) < 4.78 is 4.08. The summed E-state index contributed by atoms with van der Waals surface area (Å²) in [6, 6.07) is 17.4. The molecule has 2 heterocycles. The monoisotopic (exact) mass is 423 g/mol. The number of rotatable bonds is 4. The lowest BCUT2D eigenvalue weighted by molar-refractivity contribution is 0.582. The molecule has 0 N–H and O–H groups in total. The van der Waals surface area contributed by atoms with Crippen molar-refractivity contribution in [3.05, 3.63) is 79.9 Å². The number of benzene rings is 2. The van der Waals surface area contributed by atoms with Crippen LogP contribution < -0.4 is 11.2 Å². The minimum atomic E-state index is -0.498. The van der Waals surface area contributed by atoms with Crippen molar-refractivity contribution in [2.45, 2.75) is 26.3 Å². The average molecular weight is 424 g/mol. The van der Waals surface area contributed by atoms with Gasteiger partial charge < -0.3 is 0 Å². The quantitative estimate of drug-likeness (QED) is 0.461. The normalized spacial score (nSPS) is 11.3. The molecule has 2 aromatic rings. The molecule has 0 spiro atoms. The average Bonchev–Trinajstić information content (AvgIpc) is 2.67. The molecule has 0 aromatic heterocycles. The van der Waals surface area contributed by atoms with Crippen molar-refractivity contribution < 1.29 is 0 Å². The van der Waals surface area contributed by atoms with Crippen LogP contribution in [0.3, 0.4) is 0 Å². The first kappa shape index (κ1) is 17.7. The van der Waals surface area contributed by atoms with E-state index in [1.807, 2.05) is 66.1 Å². The van der Waals surface area contributed by atoms with Gasteiger partial charge in [0.1, 0.15) is 0 Å². The summed E-state index contributed by atoms with van der Waals surface area (Å²) in [5.74, 6) is 0.388. The van der Waals surface area contributed by atoms with Crippen LogP contribution in [0.1, 0.15) is 19.8 Å². The van der Waals surface area contributed by atoms with Crippen LogP contribution in [0, 0.1) is 0 Å². The third-order valence-corrected chi connectivity index (χ3v) is 5.19. The van der Waals surface area contributed by atoms with Gasteiger partial charge in [0.25, 0.3) is 5.56 Å². The molecule has 0 bridgehead atoms. The van der Waals surface area contributed by atoms with Gasteiger partial charge in [-0.05, 0) is 48.2 Å². The Morgan fingerprint density at radius 3 is 2.52 bits per heavy atom. The molecule has 2 aliphatic heterocycles. The maximum absolute atomic E-state index is 13.0. The van der Waals surface area contributed by atoms with Crippen LogP contribution in [0.25, 0.3) is 28.0 Å². The maximum Gasteiger partial charge on any atom is 0.352 e. The Morgan fingerprint density at radius 1 is 1.04 bits per heavy atom. The summed E-state index contributed by atoms with van der Waals surface area (Å²) in [5, 5.41) is 0.924. The van der Waals surface area contributed by atoms with E-state index in [1.54, 1.807) is 0 Å². The predicted octanol–water partition coefficient (Wildman–Crippen LogP) is 4.21. The highest BCUT2D eigenvalue weighted by Gasteiger charge is 2.20. The number of hydrogen-bond acceptors (Lipinski definition) is 3. The number of para-hydroxylation sites is 1. The number of nitrogens with zero attached hydrogens (tertiary/aromatic N) is 3. The number of unbranched alkanes of at least 4 members (excludes halogenated alkanes) is 1. The molecule has 2 aromatic carbocycles. The first-order valence-electron chi connectivity index (χ1n) is 8.91. The van der Waals surface area contributed by atoms with E-state index in [1.165, 1.54) is 4.57 Å². The Morgan fingerprint density at radius 2 is 1.78 bits per heavy atom. The summed E-state index contributed by atoms with van der Waals surface area (Å²) in [7, 11) is 0. The van der Waals surface area contributed by atoms with Crippen LogP contribution in [0.5, 0.6) is 0 Å². The minimum Gasteiger partial charge on any atom is -0.294 e. The van der Waals surface area contributed by atoms with Gasteiger partial charge in [0.05, 0.1) is 11.1 Å². The zero-order valence-electron chi connectivity index (χ0n) is 14.9. The summed E-state index contributed by atoms with van der Waals surface area (Å²) >= 11 is 3.45. The van der Waals surface area contributed by atoms with Crippen molar-refractivity contribution in [1.82, 2.24) is 14.1 Å². The van der Waals surface area contributed by atoms with Crippen LogP contribution in [0.2, 0.25) is 0 Å². The lowest BCUT2D eigenvalue weighted by Crippen LogP contribution is -2.38. The fraction of sp³-hybridized carbons (Fsp3) is 0.190. The van der Waals surface area contributed by atoms with Crippen LogP contribution in [-0.2, 0) is 6.54 Å². The molecule has 27 heavy (non-hydrogen) atoms. The molecule has 0 atom stereocenters. The molecule has 0 amide bonds. The number of halogens is 1. The zero-order chi connectivity index (χ0) is 19.0. The Balaban J connectivity index is 2.12. The zero-order valence-corrected chi connectivity index (χ0v) is 16.4. The molecule has 6 heteroatoms. The topological polar surface area (TPSA) is 56.9 Å². The van der Waals surface area contributed by atoms with Crippen molar-refractivity contribution in [1.29, 1.82) is 0 Å². The fourth-order valence-electron chi connectivity index (χ4n) is 3.28. The van der Waals surface area contributed by atoms with Crippen molar-refractivity contribution in [3.63, 3.8) is 0 Å². The third kappa shape index (κ3) is 3.10. The molecule has 0 aliphatic carbocycles. The van der Waals surface area contributed by atoms with Crippen molar-refractivity contribution >= 4 is 26.8 Å². The molecule has 0 saturated heterocycles. The lowest BCUT2D eigenvalue weighted by atomic mass is 10.1. The van der Waals surface area contributed by atoms with Crippen molar-refractivity contribution in [3.8, 4) is 17.1 Å². The highest BCUT2D eigenvalue weighted by Crippen LogP contribution is 2.28. The Bertz CT molecular complexity index is 1210. The second-order valence-electron chi connectivity index (χ2n) is 6.46. The van der Waals surface area contributed by atoms with E-state index in [0.29, 0.717) is 17.9 Å². The van der Waals surface area contributed by atoms with Gasteiger partial charge in [0, 0.05) is 16.7 Å². The van der Waals surface area contributed by atoms with E-state index < -0.39 is 5.69 Å². The molecule has 0 radical (unpaired) electrons. The lowest BCUT2D eigenvalue weighted by Gasteiger charge is -2.19. The summed E-state index contributed by atoms with van der Waals surface area (Å²) in [6.45, 7) is 2.42. The van der Waals surface area contributed by atoms with Gasteiger partial charge in [0.15, 0.2) is 5.82 Å². The van der Waals surface area contributed by atoms with E-state index in [-0.39, 0.29) is 5.56 Å². The van der Waals surface area contributed by atoms with E-state index in [9.17, 15) is 9.59 Å². The fourth-order valence-corrected chi connectivity index (χ4v) is 3.55. The largest absolute Gasteiger partial charge is 0.352 e. The smallest absolute Gasteiger partial charge is 0.294 e. The molecule has 4 rings (SSSR count). The first-order chi connectivity index (χ1) is 13.1. The highest BCUT2D eigenvalue weighted by atomic mass is 79.9. The minimum absolute atomic E-state index is 0.282. The molecule has 5 nitrogen and oxygen atoms in total. The summed E-state index contributed by atoms with van der Waals surface area (Å²) in [5.41, 5.74) is 1.41. The van der Waals surface area contributed by atoms with Crippen LogP contribution in [0.15, 0.2) is 68.7 Å². The van der Waals surface area contributed by atoms with E-state index >= 15 is 0 Å². The maximum atomic E-state index is 13.0. The molecule has 0 unspecified atom stereocenters. The molecular formula is C21H18BrN3O2. The molecule has 0 fully saturated rings. The molecule has 2 aliphatic rings. The molecule has 136 valence electrons. The number of hydrogen-bond donors (Lipinski definition) is 0.